The molecule has 2 aromatic carbocycles. The molecule has 0 spiro atoms. The van der Waals surface area contributed by atoms with Crippen LogP contribution in [0.15, 0.2) is 39.5 Å². The zero-order chi connectivity index (χ0) is 11.1. The van der Waals surface area contributed by atoms with Crippen molar-refractivity contribution in [1.82, 2.24) is 0 Å². The Morgan fingerprint density at radius 1 is 1.25 bits per heavy atom. The quantitative estimate of drug-likeness (QED) is 0.647. The zero-order valence-corrected chi connectivity index (χ0v) is 9.34. The maximum atomic E-state index is 11.2. The Labute approximate surface area is 94.9 Å². The first kappa shape index (κ1) is 9.42. The van der Waals surface area contributed by atoms with Crippen molar-refractivity contribution in [2.75, 3.05) is 7.11 Å². The predicted molar refractivity (Wildman–Crippen MR) is 64.4 cm³/mol. The highest BCUT2D eigenvalue weighted by Gasteiger charge is 2.10. The predicted octanol–water partition coefficient (Wildman–Crippen LogP) is 3.02. The second-order valence-corrected chi connectivity index (χ2v) is 4.38. The van der Waals surface area contributed by atoms with Gasteiger partial charge >= 0.3 is 4.94 Å². The Morgan fingerprint density at radius 3 is 2.75 bits per heavy atom. The van der Waals surface area contributed by atoms with Crippen LogP contribution in [0.25, 0.3) is 21.1 Å². The average Bonchev–Trinajstić information content (AvgIpc) is 2.68. The maximum absolute atomic E-state index is 11.2. The molecule has 0 aliphatic heterocycles. The molecule has 0 N–H and O–H groups in total. The van der Waals surface area contributed by atoms with E-state index in [2.05, 4.69) is 0 Å². The number of methoxy groups -OCH3 is 1. The van der Waals surface area contributed by atoms with Gasteiger partial charge in [-0.25, -0.2) is 4.79 Å². The van der Waals surface area contributed by atoms with Gasteiger partial charge in [0, 0.05) is 16.8 Å². The molecule has 3 aromatic rings. The molecule has 0 unspecified atom stereocenters. The first-order valence-corrected chi connectivity index (χ1v) is 5.60. The number of hydrogen-bond donors (Lipinski definition) is 0. The summed E-state index contributed by atoms with van der Waals surface area (Å²) in [7, 11) is 1.62. The van der Waals surface area contributed by atoms with Gasteiger partial charge in [-0.2, -0.15) is 0 Å². The van der Waals surface area contributed by atoms with E-state index in [1.54, 1.807) is 7.11 Å². The minimum atomic E-state index is -0.284. The second-order valence-electron chi connectivity index (χ2n) is 3.41. The van der Waals surface area contributed by atoms with Crippen molar-refractivity contribution < 1.29 is 9.15 Å². The third kappa shape index (κ3) is 1.23. The number of benzene rings is 2. The fourth-order valence-electron chi connectivity index (χ4n) is 1.83. The molecule has 0 saturated carbocycles. The molecular formula is C12H8O3S. The number of hydrogen-bond acceptors (Lipinski definition) is 4. The molecule has 0 bridgehead atoms. The summed E-state index contributed by atoms with van der Waals surface area (Å²) in [6.07, 6.45) is 0. The van der Waals surface area contributed by atoms with Gasteiger partial charge < -0.3 is 9.15 Å². The highest BCUT2D eigenvalue weighted by atomic mass is 32.1. The molecule has 80 valence electrons. The molecule has 1 heterocycles. The largest absolute Gasteiger partial charge is 0.496 e. The fourth-order valence-corrected chi connectivity index (χ4v) is 2.55. The van der Waals surface area contributed by atoms with E-state index >= 15 is 0 Å². The lowest BCUT2D eigenvalue weighted by atomic mass is 10.1. The van der Waals surface area contributed by atoms with Crippen LogP contribution in [0.2, 0.25) is 0 Å². The normalized spacial score (nSPS) is 11.1. The first-order valence-electron chi connectivity index (χ1n) is 4.79. The van der Waals surface area contributed by atoms with E-state index in [4.69, 9.17) is 9.15 Å². The third-order valence-corrected chi connectivity index (χ3v) is 3.29. The maximum Gasteiger partial charge on any atom is 0.396 e. The SMILES string of the molecule is COc1cc2sc(=O)oc2c2ccccc12. The Morgan fingerprint density at radius 2 is 2.00 bits per heavy atom. The summed E-state index contributed by atoms with van der Waals surface area (Å²) >= 11 is 1.09. The molecule has 4 heteroatoms. The van der Waals surface area contributed by atoms with E-state index in [9.17, 15) is 4.79 Å². The van der Waals surface area contributed by atoms with Crippen LogP contribution in [-0.4, -0.2) is 7.11 Å². The molecule has 1 aromatic heterocycles. The van der Waals surface area contributed by atoms with Crippen molar-refractivity contribution in [3.05, 3.63) is 40.1 Å². The minimum absolute atomic E-state index is 0.284. The number of fused-ring (bicyclic) bond motifs is 3. The smallest absolute Gasteiger partial charge is 0.396 e. The van der Waals surface area contributed by atoms with Gasteiger partial charge in [-0.1, -0.05) is 35.6 Å². The molecule has 0 saturated heterocycles. The molecule has 0 atom stereocenters. The number of ether oxygens (including phenoxy) is 1. The summed E-state index contributed by atoms with van der Waals surface area (Å²) < 4.78 is 11.3. The Bertz CT molecular complexity index is 724. The monoisotopic (exact) mass is 232 g/mol. The first-order chi connectivity index (χ1) is 7.79. The van der Waals surface area contributed by atoms with Gasteiger partial charge in [0.2, 0.25) is 0 Å². The Balaban J connectivity index is 2.61. The molecule has 0 amide bonds. The van der Waals surface area contributed by atoms with Gasteiger partial charge in [0.25, 0.3) is 0 Å². The van der Waals surface area contributed by atoms with Gasteiger partial charge in [0.1, 0.15) is 5.75 Å². The van der Waals surface area contributed by atoms with Crippen LogP contribution in [0.5, 0.6) is 5.75 Å². The van der Waals surface area contributed by atoms with Gasteiger partial charge in [-0.15, -0.1) is 0 Å². The summed E-state index contributed by atoms with van der Waals surface area (Å²) in [5.41, 5.74) is 0.645. The van der Waals surface area contributed by atoms with E-state index in [1.807, 2.05) is 30.3 Å². The van der Waals surface area contributed by atoms with Crippen molar-refractivity contribution in [2.24, 2.45) is 0 Å². The van der Waals surface area contributed by atoms with Crippen LogP contribution >= 0.6 is 11.3 Å². The zero-order valence-electron chi connectivity index (χ0n) is 8.52. The van der Waals surface area contributed by atoms with E-state index in [-0.39, 0.29) is 4.94 Å². The standard InChI is InChI=1S/C12H8O3S/c1-14-9-6-10-11(15-12(13)16-10)8-5-3-2-4-7(8)9/h2-6H,1H3. The van der Waals surface area contributed by atoms with Gasteiger partial charge in [0.05, 0.1) is 11.8 Å². The van der Waals surface area contributed by atoms with Crippen LogP contribution in [0.1, 0.15) is 0 Å². The Hall–Kier alpha value is -1.81. The highest BCUT2D eigenvalue weighted by Crippen LogP contribution is 2.34. The lowest BCUT2D eigenvalue weighted by Crippen LogP contribution is -1.84. The van der Waals surface area contributed by atoms with E-state index < -0.39 is 0 Å². The second kappa shape index (κ2) is 3.35. The van der Waals surface area contributed by atoms with Crippen molar-refractivity contribution >= 4 is 32.4 Å². The van der Waals surface area contributed by atoms with Gasteiger partial charge in [-0.05, 0) is 0 Å². The van der Waals surface area contributed by atoms with Crippen LogP contribution < -0.4 is 9.68 Å². The van der Waals surface area contributed by atoms with Crippen molar-refractivity contribution in [1.29, 1.82) is 0 Å². The van der Waals surface area contributed by atoms with Gasteiger partial charge in [-0.3, -0.25) is 0 Å². The molecule has 3 rings (SSSR count). The van der Waals surface area contributed by atoms with Crippen LogP contribution in [0.3, 0.4) is 0 Å². The van der Waals surface area contributed by atoms with E-state index in [0.717, 1.165) is 32.6 Å². The van der Waals surface area contributed by atoms with Gasteiger partial charge in [0.15, 0.2) is 5.58 Å². The van der Waals surface area contributed by atoms with E-state index in [1.165, 1.54) is 0 Å². The van der Waals surface area contributed by atoms with E-state index in [0.29, 0.717) is 5.58 Å². The van der Waals surface area contributed by atoms with Crippen molar-refractivity contribution in [3.8, 4) is 5.75 Å². The van der Waals surface area contributed by atoms with Crippen LogP contribution in [0.4, 0.5) is 0 Å². The molecule has 0 fully saturated rings. The highest BCUT2D eigenvalue weighted by molar-refractivity contribution is 7.16. The summed E-state index contributed by atoms with van der Waals surface area (Å²) in [4.78, 5) is 11.0. The fraction of sp³-hybridized carbons (Fsp3) is 0.0833. The lowest BCUT2D eigenvalue weighted by molar-refractivity contribution is 0.420. The topological polar surface area (TPSA) is 39.4 Å². The van der Waals surface area contributed by atoms with Crippen molar-refractivity contribution in [3.63, 3.8) is 0 Å². The molecule has 0 aliphatic rings. The summed E-state index contributed by atoms with van der Waals surface area (Å²) in [6, 6.07) is 9.56. The minimum Gasteiger partial charge on any atom is -0.496 e. The number of rotatable bonds is 1. The summed E-state index contributed by atoms with van der Waals surface area (Å²) in [6.45, 7) is 0. The molecule has 0 aliphatic carbocycles. The molecule has 16 heavy (non-hydrogen) atoms. The lowest BCUT2D eigenvalue weighted by Gasteiger charge is -2.04. The van der Waals surface area contributed by atoms with Crippen molar-refractivity contribution in [2.45, 2.75) is 0 Å². The molecule has 0 radical (unpaired) electrons. The summed E-state index contributed by atoms with van der Waals surface area (Å²) in [5.74, 6) is 0.764. The average molecular weight is 232 g/mol. The Kier molecular flexibility index (Phi) is 1.97. The third-order valence-electron chi connectivity index (χ3n) is 2.52. The van der Waals surface area contributed by atoms with Crippen LogP contribution in [-0.2, 0) is 0 Å². The molecular weight excluding hydrogens is 224 g/mol. The molecule has 3 nitrogen and oxygen atoms in total. The van der Waals surface area contributed by atoms with Crippen LogP contribution in [0, 0.1) is 0 Å². The summed E-state index contributed by atoms with van der Waals surface area (Å²) in [5, 5.41) is 1.87.